The van der Waals surface area contributed by atoms with Gasteiger partial charge in [-0.25, -0.2) is 0 Å². The normalized spacial score (nSPS) is 15.3. The molecule has 3 nitrogen and oxygen atoms in total. The second kappa shape index (κ2) is 7.97. The maximum Gasteiger partial charge on any atom is 0.130 e. The summed E-state index contributed by atoms with van der Waals surface area (Å²) in [6.07, 6.45) is 0. The average molecular weight is 361 g/mol. The number of rotatable bonds is 4. The lowest BCUT2D eigenvalue weighted by atomic mass is 10.1. The number of para-hydroxylation sites is 1. The zero-order valence-corrected chi connectivity index (χ0v) is 15.3. The van der Waals surface area contributed by atoms with Crippen molar-refractivity contribution in [2.45, 2.75) is 6.61 Å². The first kappa shape index (κ1) is 17.2. The van der Waals surface area contributed by atoms with Crippen LogP contribution in [0.25, 0.3) is 0 Å². The van der Waals surface area contributed by atoms with Gasteiger partial charge in [0.25, 0.3) is 0 Å². The third-order valence-electron chi connectivity index (χ3n) is 4.25. The van der Waals surface area contributed by atoms with Crippen molar-refractivity contribution in [3.8, 4) is 5.75 Å². The summed E-state index contributed by atoms with van der Waals surface area (Å²) in [5, 5.41) is 0.719. The Morgan fingerprint density at radius 2 is 1.71 bits per heavy atom. The molecule has 0 saturated carbocycles. The molecule has 1 fully saturated rings. The number of thiocarbonyl (C=S) groups is 1. The van der Waals surface area contributed by atoms with Crippen LogP contribution >= 0.6 is 23.8 Å². The van der Waals surface area contributed by atoms with Gasteiger partial charge in [-0.3, -0.25) is 0 Å². The van der Waals surface area contributed by atoms with Crippen molar-refractivity contribution in [2.75, 3.05) is 33.2 Å². The third-order valence-corrected chi connectivity index (χ3v) is 5.10. The molecule has 3 rings (SSSR count). The minimum atomic E-state index is 0.433. The molecule has 0 amide bonds. The number of ether oxygens (including phenoxy) is 1. The molecule has 0 radical (unpaired) electrons. The minimum absolute atomic E-state index is 0.433. The fourth-order valence-electron chi connectivity index (χ4n) is 2.72. The molecule has 0 unspecified atom stereocenters. The highest BCUT2D eigenvalue weighted by atomic mass is 35.5. The van der Waals surface area contributed by atoms with Gasteiger partial charge in [-0.05, 0) is 25.2 Å². The van der Waals surface area contributed by atoms with E-state index in [9.17, 15) is 0 Å². The quantitative estimate of drug-likeness (QED) is 0.769. The van der Waals surface area contributed by atoms with Crippen molar-refractivity contribution < 1.29 is 4.74 Å². The third kappa shape index (κ3) is 4.07. The summed E-state index contributed by atoms with van der Waals surface area (Å²) in [4.78, 5) is 5.43. The minimum Gasteiger partial charge on any atom is -0.488 e. The average Bonchev–Trinajstić information content (AvgIpc) is 2.61. The van der Waals surface area contributed by atoms with Crippen LogP contribution in [0.3, 0.4) is 0 Å². The highest BCUT2D eigenvalue weighted by Gasteiger charge is 2.19. The molecule has 1 aliphatic rings. The Morgan fingerprint density at radius 3 is 2.46 bits per heavy atom. The fourth-order valence-corrected chi connectivity index (χ4v) is 3.26. The van der Waals surface area contributed by atoms with E-state index in [4.69, 9.17) is 28.6 Å². The van der Waals surface area contributed by atoms with E-state index >= 15 is 0 Å². The number of benzene rings is 2. The van der Waals surface area contributed by atoms with Crippen LogP contribution in [0.4, 0.5) is 0 Å². The van der Waals surface area contributed by atoms with Gasteiger partial charge in [0, 0.05) is 36.8 Å². The molecule has 2 aromatic rings. The lowest BCUT2D eigenvalue weighted by Crippen LogP contribution is -2.46. The number of likely N-dealkylation sites (N-methyl/N-ethyl adjacent to an activating group) is 1. The summed E-state index contributed by atoms with van der Waals surface area (Å²) < 4.78 is 6.03. The summed E-state index contributed by atoms with van der Waals surface area (Å²) in [7, 11) is 2.14. The van der Waals surface area contributed by atoms with Gasteiger partial charge in [0.15, 0.2) is 0 Å². The Labute approximate surface area is 153 Å². The van der Waals surface area contributed by atoms with E-state index in [0.717, 1.165) is 53.1 Å². The Kier molecular flexibility index (Phi) is 5.72. The van der Waals surface area contributed by atoms with E-state index in [1.165, 1.54) is 0 Å². The number of halogens is 1. The molecule has 1 heterocycles. The molecule has 1 saturated heterocycles. The molecule has 24 heavy (non-hydrogen) atoms. The first-order chi connectivity index (χ1) is 11.6. The van der Waals surface area contributed by atoms with Crippen molar-refractivity contribution in [1.82, 2.24) is 9.80 Å². The molecule has 1 aliphatic heterocycles. The molecule has 126 valence electrons. The van der Waals surface area contributed by atoms with Gasteiger partial charge in [0.2, 0.25) is 0 Å². The van der Waals surface area contributed by atoms with Crippen LogP contribution < -0.4 is 4.74 Å². The standard InChI is InChI=1S/C19H21ClN2OS/c1-21-10-12-22(13-11-21)19(24)16-7-3-5-9-18(16)23-14-15-6-2-4-8-17(15)20/h2-9H,10-14H2,1H3. The molecule has 0 bridgehead atoms. The second-order valence-electron chi connectivity index (χ2n) is 5.97. The van der Waals surface area contributed by atoms with E-state index in [1.54, 1.807) is 0 Å². The first-order valence-corrected chi connectivity index (χ1v) is 8.87. The molecule has 0 spiro atoms. The van der Waals surface area contributed by atoms with Crippen LogP contribution in [0.15, 0.2) is 48.5 Å². The Hall–Kier alpha value is -1.62. The second-order valence-corrected chi connectivity index (χ2v) is 6.77. The summed E-state index contributed by atoms with van der Waals surface area (Å²) in [6, 6.07) is 15.7. The van der Waals surface area contributed by atoms with Crippen LogP contribution in [0.1, 0.15) is 11.1 Å². The van der Waals surface area contributed by atoms with Crippen molar-refractivity contribution in [1.29, 1.82) is 0 Å². The Morgan fingerprint density at radius 1 is 1.04 bits per heavy atom. The molecule has 5 heteroatoms. The molecule has 0 atom stereocenters. The van der Waals surface area contributed by atoms with Gasteiger partial charge in [-0.2, -0.15) is 0 Å². The lowest BCUT2D eigenvalue weighted by molar-refractivity contribution is 0.217. The summed E-state index contributed by atoms with van der Waals surface area (Å²) in [5.41, 5.74) is 1.95. The molecule has 2 aromatic carbocycles. The van der Waals surface area contributed by atoms with Gasteiger partial charge >= 0.3 is 0 Å². The number of nitrogens with zero attached hydrogens (tertiary/aromatic N) is 2. The van der Waals surface area contributed by atoms with Crippen LogP contribution in [-0.4, -0.2) is 48.0 Å². The molecule has 0 aromatic heterocycles. The number of hydrogen-bond acceptors (Lipinski definition) is 3. The van der Waals surface area contributed by atoms with Gasteiger partial charge in [0.05, 0.1) is 5.56 Å². The Bertz CT molecular complexity index is 714. The van der Waals surface area contributed by atoms with Crippen LogP contribution in [0, 0.1) is 0 Å². The summed E-state index contributed by atoms with van der Waals surface area (Å²) >= 11 is 11.9. The zero-order valence-electron chi connectivity index (χ0n) is 13.7. The smallest absolute Gasteiger partial charge is 0.130 e. The van der Waals surface area contributed by atoms with Crippen molar-refractivity contribution in [2.24, 2.45) is 0 Å². The zero-order chi connectivity index (χ0) is 16.9. The highest BCUT2D eigenvalue weighted by molar-refractivity contribution is 7.80. The van der Waals surface area contributed by atoms with Gasteiger partial charge in [-0.15, -0.1) is 0 Å². The van der Waals surface area contributed by atoms with Crippen LogP contribution in [0.5, 0.6) is 5.75 Å². The van der Waals surface area contributed by atoms with Crippen LogP contribution in [-0.2, 0) is 6.61 Å². The predicted octanol–water partition coefficient (Wildman–Crippen LogP) is 3.84. The Balaban J connectivity index is 1.73. The van der Waals surface area contributed by atoms with E-state index in [0.29, 0.717) is 6.61 Å². The fraction of sp³-hybridized carbons (Fsp3) is 0.316. The van der Waals surface area contributed by atoms with Gasteiger partial charge in [-0.1, -0.05) is 54.2 Å². The van der Waals surface area contributed by atoms with Crippen molar-refractivity contribution in [3.63, 3.8) is 0 Å². The largest absolute Gasteiger partial charge is 0.488 e. The lowest BCUT2D eigenvalue weighted by Gasteiger charge is -2.34. The predicted molar refractivity (Wildman–Crippen MR) is 103 cm³/mol. The van der Waals surface area contributed by atoms with E-state index < -0.39 is 0 Å². The molecular formula is C19H21ClN2OS. The molecule has 0 N–H and O–H groups in total. The number of hydrogen-bond donors (Lipinski definition) is 0. The van der Waals surface area contributed by atoms with E-state index in [1.807, 2.05) is 48.5 Å². The van der Waals surface area contributed by atoms with Gasteiger partial charge in [0.1, 0.15) is 17.3 Å². The topological polar surface area (TPSA) is 15.7 Å². The van der Waals surface area contributed by atoms with E-state index in [-0.39, 0.29) is 0 Å². The SMILES string of the molecule is CN1CCN(C(=S)c2ccccc2OCc2ccccc2Cl)CC1. The molecule has 0 aliphatic carbocycles. The molecular weight excluding hydrogens is 340 g/mol. The van der Waals surface area contributed by atoms with Crippen molar-refractivity contribution in [3.05, 3.63) is 64.7 Å². The number of piperazine rings is 1. The van der Waals surface area contributed by atoms with E-state index in [2.05, 4.69) is 16.8 Å². The van der Waals surface area contributed by atoms with Crippen LogP contribution in [0.2, 0.25) is 5.02 Å². The summed E-state index contributed by atoms with van der Waals surface area (Å²) in [5.74, 6) is 0.807. The monoisotopic (exact) mass is 360 g/mol. The van der Waals surface area contributed by atoms with Gasteiger partial charge < -0.3 is 14.5 Å². The van der Waals surface area contributed by atoms with Crippen molar-refractivity contribution >= 4 is 28.8 Å². The first-order valence-electron chi connectivity index (χ1n) is 8.08. The maximum atomic E-state index is 6.21. The highest BCUT2D eigenvalue weighted by Crippen LogP contribution is 2.24. The summed E-state index contributed by atoms with van der Waals surface area (Å²) in [6.45, 7) is 4.40. The maximum absolute atomic E-state index is 6.21.